The second kappa shape index (κ2) is 7.79. The summed E-state index contributed by atoms with van der Waals surface area (Å²) in [6.45, 7) is 3.80. The van der Waals surface area contributed by atoms with Crippen molar-refractivity contribution in [1.82, 2.24) is 5.32 Å². The average molecular weight is 473 g/mol. The number of nitrogens with zero attached hydrogens (tertiary/aromatic N) is 1. The molecule has 0 radical (unpaired) electrons. The molecule has 0 saturated carbocycles. The van der Waals surface area contributed by atoms with Crippen molar-refractivity contribution in [2.45, 2.75) is 37.6 Å². The fraction of sp³-hybridized carbons (Fsp3) is 0.316. The van der Waals surface area contributed by atoms with E-state index >= 15 is 0 Å². The van der Waals surface area contributed by atoms with E-state index in [2.05, 4.69) is 21.2 Å². The van der Waals surface area contributed by atoms with E-state index < -0.39 is 26.6 Å². The van der Waals surface area contributed by atoms with Crippen LogP contribution in [0.15, 0.2) is 39.7 Å². The molecule has 3 rings (SSSR count). The van der Waals surface area contributed by atoms with Crippen LogP contribution in [0, 0.1) is 11.6 Å². The molecule has 1 aliphatic rings. The third kappa shape index (κ3) is 3.77. The molecule has 1 aliphatic heterocycles. The fourth-order valence-electron chi connectivity index (χ4n) is 3.28. The van der Waals surface area contributed by atoms with Crippen molar-refractivity contribution in [2.75, 3.05) is 10.8 Å². The Morgan fingerprint density at radius 3 is 2.61 bits per heavy atom. The normalized spacial score (nSPS) is 14.1. The molecule has 2 aromatic carbocycles. The number of hydrogen-bond acceptors (Lipinski definition) is 3. The third-order valence-electron chi connectivity index (χ3n) is 4.38. The summed E-state index contributed by atoms with van der Waals surface area (Å²) in [6, 6.07) is 6.20. The van der Waals surface area contributed by atoms with Gasteiger partial charge in [0.05, 0.1) is 5.69 Å². The van der Waals surface area contributed by atoms with Crippen molar-refractivity contribution in [2.24, 2.45) is 0 Å². The Kier molecular flexibility index (Phi) is 5.77. The maximum atomic E-state index is 14.3. The summed E-state index contributed by atoms with van der Waals surface area (Å²) in [5, 5.41) is 2.80. The molecule has 9 heteroatoms. The van der Waals surface area contributed by atoms with Gasteiger partial charge >= 0.3 is 0 Å². The molecular formula is C19H19BrF2N2O3S. The highest BCUT2D eigenvalue weighted by atomic mass is 79.9. The minimum Gasteiger partial charge on any atom is -0.350 e. The molecule has 1 N–H and O–H groups in total. The van der Waals surface area contributed by atoms with Gasteiger partial charge in [-0.1, -0.05) is 6.07 Å². The quantitative estimate of drug-likeness (QED) is 0.730. The lowest BCUT2D eigenvalue weighted by Crippen LogP contribution is -2.38. The van der Waals surface area contributed by atoms with E-state index in [0.29, 0.717) is 35.7 Å². The number of hydrogen-bond donors (Lipinski definition) is 1. The Morgan fingerprint density at radius 2 is 1.96 bits per heavy atom. The number of carbonyl (C=O) groups excluding carboxylic acids is 1. The zero-order valence-electron chi connectivity index (χ0n) is 15.3. The van der Waals surface area contributed by atoms with Crippen molar-refractivity contribution in [1.29, 1.82) is 0 Å². The van der Waals surface area contributed by atoms with Gasteiger partial charge in [-0.15, -0.1) is 0 Å². The van der Waals surface area contributed by atoms with Crippen molar-refractivity contribution < 1.29 is 22.0 Å². The number of benzene rings is 2. The number of rotatable bonds is 4. The fourth-order valence-corrected chi connectivity index (χ4v) is 5.93. The van der Waals surface area contributed by atoms with Crippen molar-refractivity contribution in [3.63, 3.8) is 0 Å². The van der Waals surface area contributed by atoms with Crippen LogP contribution in [0.2, 0.25) is 0 Å². The van der Waals surface area contributed by atoms with Gasteiger partial charge in [-0.05, 0) is 66.4 Å². The molecule has 0 bridgehead atoms. The monoisotopic (exact) mass is 472 g/mol. The first-order valence-corrected chi connectivity index (χ1v) is 11.0. The molecule has 1 heterocycles. The van der Waals surface area contributed by atoms with Crippen LogP contribution in [0.4, 0.5) is 14.5 Å². The number of fused-ring (bicyclic) bond motifs is 1. The average Bonchev–Trinajstić information content (AvgIpc) is 2.58. The highest BCUT2D eigenvalue weighted by Crippen LogP contribution is 2.37. The van der Waals surface area contributed by atoms with Crippen LogP contribution in [0.1, 0.15) is 36.2 Å². The number of nitrogens with one attached hydrogen (secondary N) is 1. The first kappa shape index (κ1) is 20.7. The zero-order valence-corrected chi connectivity index (χ0v) is 17.7. The van der Waals surface area contributed by atoms with Gasteiger partial charge in [0.15, 0.2) is 0 Å². The minimum absolute atomic E-state index is 0.0731. The van der Waals surface area contributed by atoms with Crippen LogP contribution < -0.4 is 9.62 Å². The smallest absolute Gasteiger partial charge is 0.268 e. The molecule has 0 atom stereocenters. The molecule has 0 saturated heterocycles. The maximum absolute atomic E-state index is 14.3. The summed E-state index contributed by atoms with van der Waals surface area (Å²) in [5.41, 5.74) is 1.32. The summed E-state index contributed by atoms with van der Waals surface area (Å²) in [5.74, 6) is -2.34. The Labute approximate surface area is 170 Å². The van der Waals surface area contributed by atoms with Gasteiger partial charge in [0.1, 0.15) is 16.5 Å². The second-order valence-electron chi connectivity index (χ2n) is 6.81. The molecule has 1 amide bonds. The van der Waals surface area contributed by atoms with Crippen molar-refractivity contribution in [3.05, 3.63) is 57.6 Å². The first-order chi connectivity index (χ1) is 13.1. The van der Waals surface area contributed by atoms with E-state index in [1.807, 2.05) is 13.8 Å². The van der Waals surface area contributed by atoms with Crippen molar-refractivity contribution >= 4 is 37.5 Å². The lowest BCUT2D eigenvalue weighted by molar-refractivity contribution is 0.0942. The predicted octanol–water partition coefficient (Wildman–Crippen LogP) is 4.01. The molecule has 150 valence electrons. The summed E-state index contributed by atoms with van der Waals surface area (Å²) >= 11 is 2.96. The lowest BCUT2D eigenvalue weighted by Gasteiger charge is -2.32. The van der Waals surface area contributed by atoms with Gasteiger partial charge in [0.25, 0.3) is 15.9 Å². The Morgan fingerprint density at radius 1 is 1.25 bits per heavy atom. The highest BCUT2D eigenvalue weighted by Gasteiger charge is 2.34. The van der Waals surface area contributed by atoms with Crippen molar-refractivity contribution in [3.8, 4) is 0 Å². The summed E-state index contributed by atoms with van der Waals surface area (Å²) in [4.78, 5) is 11.9. The highest BCUT2D eigenvalue weighted by molar-refractivity contribution is 9.10. The zero-order chi connectivity index (χ0) is 20.6. The minimum atomic E-state index is -4.31. The number of sulfonamides is 1. The number of amides is 1. The van der Waals surface area contributed by atoms with Crippen LogP contribution in [0.3, 0.4) is 0 Å². The first-order valence-electron chi connectivity index (χ1n) is 8.73. The standard InChI is InChI=1S/C19H19BrF2N2O3S/c1-11(2)23-19(25)14-5-3-7-17-13(14)6-4-8-24(17)28(26,27)18-15(20)9-12(21)10-16(18)22/h3,5,7,9-11H,4,6,8H2,1-2H3,(H,23,25). The molecular weight excluding hydrogens is 454 g/mol. The molecule has 0 aromatic heterocycles. The van der Waals surface area contributed by atoms with Gasteiger partial charge in [0, 0.05) is 28.7 Å². The summed E-state index contributed by atoms with van der Waals surface area (Å²) < 4.78 is 55.0. The van der Waals surface area contributed by atoms with Gasteiger partial charge in [-0.25, -0.2) is 17.2 Å². The van der Waals surface area contributed by atoms with Crippen LogP contribution in [0.5, 0.6) is 0 Å². The SMILES string of the molecule is CC(C)NC(=O)c1cccc2c1CCCN2S(=O)(=O)c1c(F)cc(F)cc1Br. The Balaban J connectivity index is 2.12. The van der Waals surface area contributed by atoms with E-state index in [0.717, 1.165) is 10.4 Å². The molecule has 0 unspecified atom stereocenters. The van der Waals surface area contributed by atoms with Gasteiger partial charge in [0.2, 0.25) is 0 Å². The van der Waals surface area contributed by atoms with Crippen LogP contribution in [-0.2, 0) is 16.4 Å². The van der Waals surface area contributed by atoms with E-state index in [9.17, 15) is 22.0 Å². The molecule has 2 aromatic rings. The van der Waals surface area contributed by atoms with E-state index in [-0.39, 0.29) is 23.0 Å². The third-order valence-corrected chi connectivity index (χ3v) is 7.16. The topological polar surface area (TPSA) is 66.5 Å². The molecule has 0 aliphatic carbocycles. The summed E-state index contributed by atoms with van der Waals surface area (Å²) in [7, 11) is -4.31. The number of carbonyl (C=O) groups is 1. The second-order valence-corrected chi connectivity index (χ2v) is 9.46. The van der Waals surface area contributed by atoms with E-state index in [1.54, 1.807) is 18.2 Å². The lowest BCUT2D eigenvalue weighted by atomic mass is 9.97. The van der Waals surface area contributed by atoms with Crippen LogP contribution >= 0.6 is 15.9 Å². The van der Waals surface area contributed by atoms with E-state index in [1.165, 1.54) is 0 Å². The van der Waals surface area contributed by atoms with Gasteiger partial charge in [-0.3, -0.25) is 9.10 Å². The molecule has 0 fully saturated rings. The van der Waals surface area contributed by atoms with Crippen LogP contribution in [0.25, 0.3) is 0 Å². The molecule has 5 nitrogen and oxygen atoms in total. The van der Waals surface area contributed by atoms with Crippen LogP contribution in [-0.4, -0.2) is 26.9 Å². The van der Waals surface area contributed by atoms with Gasteiger partial charge in [-0.2, -0.15) is 0 Å². The summed E-state index contributed by atoms with van der Waals surface area (Å²) in [6.07, 6.45) is 0.995. The molecule has 28 heavy (non-hydrogen) atoms. The maximum Gasteiger partial charge on any atom is 0.268 e. The molecule has 0 spiro atoms. The Bertz CT molecular complexity index is 1020. The number of anilines is 1. The van der Waals surface area contributed by atoms with E-state index in [4.69, 9.17) is 0 Å². The van der Waals surface area contributed by atoms with Gasteiger partial charge < -0.3 is 5.32 Å². The largest absolute Gasteiger partial charge is 0.350 e. The predicted molar refractivity (Wildman–Crippen MR) is 106 cm³/mol. The number of halogens is 3. The Hall–Kier alpha value is -2.00.